The monoisotopic (exact) mass is 223 g/mol. The molecule has 0 spiro atoms. The highest BCUT2D eigenvalue weighted by molar-refractivity contribution is 5.00. The van der Waals surface area contributed by atoms with Gasteiger partial charge in [-0.15, -0.1) is 0 Å². The third kappa shape index (κ3) is 2.58. The zero-order valence-corrected chi connectivity index (χ0v) is 10.1. The van der Waals surface area contributed by atoms with E-state index in [0.717, 1.165) is 6.42 Å². The lowest BCUT2D eigenvalue weighted by molar-refractivity contribution is -0.0106. The number of ether oxygens (including phenoxy) is 1. The van der Waals surface area contributed by atoms with E-state index >= 15 is 0 Å². The molecule has 0 radical (unpaired) electrons. The standard InChI is InChI=1S/C11H17N3O2/c1-5-11(3,15-4)10-13-9(16-14-10)6-8(2)7-12/h8H,5-6H2,1-4H3. The Labute approximate surface area is 95.4 Å². The molecule has 0 aromatic carbocycles. The smallest absolute Gasteiger partial charge is 0.228 e. The molecular weight excluding hydrogens is 206 g/mol. The summed E-state index contributed by atoms with van der Waals surface area (Å²) in [6, 6.07) is 2.13. The first-order valence-electron chi connectivity index (χ1n) is 5.33. The fraction of sp³-hybridized carbons (Fsp3) is 0.727. The molecule has 0 amide bonds. The maximum Gasteiger partial charge on any atom is 0.228 e. The van der Waals surface area contributed by atoms with Crippen LogP contribution >= 0.6 is 0 Å². The molecule has 5 nitrogen and oxygen atoms in total. The van der Waals surface area contributed by atoms with E-state index in [0.29, 0.717) is 18.1 Å². The first-order valence-corrected chi connectivity index (χ1v) is 5.33. The van der Waals surface area contributed by atoms with Crippen LogP contribution in [0.1, 0.15) is 38.9 Å². The van der Waals surface area contributed by atoms with Crippen molar-refractivity contribution < 1.29 is 9.26 Å². The zero-order chi connectivity index (χ0) is 12.2. The number of hydrogen-bond donors (Lipinski definition) is 0. The Morgan fingerprint density at radius 2 is 2.31 bits per heavy atom. The maximum absolute atomic E-state index is 8.69. The lowest BCUT2D eigenvalue weighted by Crippen LogP contribution is -2.24. The van der Waals surface area contributed by atoms with Gasteiger partial charge in [-0.05, 0) is 20.3 Å². The van der Waals surface area contributed by atoms with Crippen LogP contribution in [-0.4, -0.2) is 17.3 Å². The van der Waals surface area contributed by atoms with Crippen molar-refractivity contribution in [3.63, 3.8) is 0 Å². The van der Waals surface area contributed by atoms with Crippen molar-refractivity contribution >= 4 is 0 Å². The predicted molar refractivity (Wildman–Crippen MR) is 57.4 cm³/mol. The number of hydrogen-bond acceptors (Lipinski definition) is 5. The summed E-state index contributed by atoms with van der Waals surface area (Å²) in [5, 5.41) is 12.6. The molecule has 16 heavy (non-hydrogen) atoms. The summed E-state index contributed by atoms with van der Waals surface area (Å²) in [4.78, 5) is 4.26. The molecule has 88 valence electrons. The predicted octanol–water partition coefficient (Wildman–Crippen LogP) is 2.04. The van der Waals surface area contributed by atoms with E-state index in [-0.39, 0.29) is 5.92 Å². The summed E-state index contributed by atoms with van der Waals surface area (Å²) < 4.78 is 10.5. The van der Waals surface area contributed by atoms with Crippen molar-refractivity contribution in [3.05, 3.63) is 11.7 Å². The molecule has 2 atom stereocenters. The molecule has 0 saturated carbocycles. The molecule has 0 N–H and O–H groups in total. The first kappa shape index (κ1) is 12.7. The molecule has 1 rings (SSSR count). The minimum atomic E-state index is -0.516. The van der Waals surface area contributed by atoms with Crippen molar-refractivity contribution in [2.45, 2.75) is 39.2 Å². The highest BCUT2D eigenvalue weighted by Crippen LogP contribution is 2.25. The fourth-order valence-corrected chi connectivity index (χ4v) is 1.25. The molecule has 0 aliphatic heterocycles. The number of aromatic nitrogens is 2. The van der Waals surface area contributed by atoms with Crippen LogP contribution in [-0.2, 0) is 16.8 Å². The fourth-order valence-electron chi connectivity index (χ4n) is 1.25. The molecule has 1 aromatic heterocycles. The van der Waals surface area contributed by atoms with Gasteiger partial charge in [0.05, 0.1) is 12.0 Å². The van der Waals surface area contributed by atoms with Gasteiger partial charge < -0.3 is 9.26 Å². The van der Waals surface area contributed by atoms with Crippen LogP contribution in [0.4, 0.5) is 0 Å². The van der Waals surface area contributed by atoms with Gasteiger partial charge in [0.1, 0.15) is 5.60 Å². The van der Waals surface area contributed by atoms with E-state index in [2.05, 4.69) is 16.2 Å². The molecular formula is C11H17N3O2. The molecule has 1 heterocycles. The molecule has 5 heteroatoms. The number of nitriles is 1. The normalized spacial score (nSPS) is 16.4. The number of nitrogens with zero attached hydrogens (tertiary/aromatic N) is 3. The lowest BCUT2D eigenvalue weighted by atomic mass is 10.0. The van der Waals surface area contributed by atoms with Crippen molar-refractivity contribution in [2.75, 3.05) is 7.11 Å². The highest BCUT2D eigenvalue weighted by Gasteiger charge is 2.30. The van der Waals surface area contributed by atoms with E-state index in [1.54, 1.807) is 7.11 Å². The van der Waals surface area contributed by atoms with Crippen LogP contribution in [0.25, 0.3) is 0 Å². The molecule has 0 saturated heterocycles. The second-order valence-corrected chi connectivity index (χ2v) is 4.03. The van der Waals surface area contributed by atoms with E-state index in [9.17, 15) is 0 Å². The summed E-state index contributed by atoms with van der Waals surface area (Å²) in [6.45, 7) is 5.73. The van der Waals surface area contributed by atoms with Gasteiger partial charge in [0, 0.05) is 13.5 Å². The molecule has 0 fully saturated rings. The SMILES string of the molecule is CCC(C)(OC)c1noc(CC(C)C#N)n1. The van der Waals surface area contributed by atoms with Crippen molar-refractivity contribution in [1.29, 1.82) is 5.26 Å². The van der Waals surface area contributed by atoms with Gasteiger partial charge >= 0.3 is 0 Å². The van der Waals surface area contributed by atoms with Crippen molar-refractivity contribution in [1.82, 2.24) is 10.1 Å². The van der Waals surface area contributed by atoms with E-state index in [1.807, 2.05) is 20.8 Å². The molecule has 0 bridgehead atoms. The summed E-state index contributed by atoms with van der Waals surface area (Å²) in [6.07, 6.45) is 1.24. The zero-order valence-electron chi connectivity index (χ0n) is 10.1. The van der Waals surface area contributed by atoms with Gasteiger partial charge in [-0.2, -0.15) is 10.2 Å². The quantitative estimate of drug-likeness (QED) is 0.763. The largest absolute Gasteiger partial charge is 0.370 e. The van der Waals surface area contributed by atoms with Crippen LogP contribution in [0, 0.1) is 17.2 Å². The molecule has 0 aliphatic carbocycles. The van der Waals surface area contributed by atoms with Gasteiger partial charge in [0.25, 0.3) is 0 Å². The van der Waals surface area contributed by atoms with Crippen LogP contribution in [0.15, 0.2) is 4.52 Å². The van der Waals surface area contributed by atoms with Gasteiger partial charge in [-0.25, -0.2) is 0 Å². The van der Waals surface area contributed by atoms with Crippen LogP contribution in [0.2, 0.25) is 0 Å². The Hall–Kier alpha value is -1.41. The first-order chi connectivity index (χ1) is 7.55. The number of methoxy groups -OCH3 is 1. The Bertz CT molecular complexity index is 377. The topological polar surface area (TPSA) is 71.9 Å². The van der Waals surface area contributed by atoms with Gasteiger partial charge in [-0.1, -0.05) is 12.1 Å². The van der Waals surface area contributed by atoms with Gasteiger partial charge in [0.15, 0.2) is 0 Å². The van der Waals surface area contributed by atoms with Gasteiger partial charge in [0.2, 0.25) is 11.7 Å². The van der Waals surface area contributed by atoms with E-state index in [1.165, 1.54) is 0 Å². The van der Waals surface area contributed by atoms with Crippen LogP contribution in [0.5, 0.6) is 0 Å². The third-order valence-corrected chi connectivity index (χ3v) is 2.77. The Kier molecular flexibility index (Phi) is 4.02. The molecule has 0 aliphatic rings. The van der Waals surface area contributed by atoms with Crippen molar-refractivity contribution in [3.8, 4) is 6.07 Å². The molecule has 2 unspecified atom stereocenters. The maximum atomic E-state index is 8.69. The highest BCUT2D eigenvalue weighted by atomic mass is 16.5. The minimum absolute atomic E-state index is 0.122. The average Bonchev–Trinajstić information content (AvgIpc) is 2.76. The summed E-state index contributed by atoms with van der Waals surface area (Å²) in [7, 11) is 1.62. The Morgan fingerprint density at radius 1 is 1.62 bits per heavy atom. The third-order valence-electron chi connectivity index (χ3n) is 2.77. The summed E-state index contributed by atoms with van der Waals surface area (Å²) in [5.74, 6) is 0.905. The second kappa shape index (κ2) is 5.08. The Morgan fingerprint density at radius 3 is 2.81 bits per heavy atom. The summed E-state index contributed by atoms with van der Waals surface area (Å²) in [5.41, 5.74) is -0.516. The van der Waals surface area contributed by atoms with Gasteiger partial charge in [-0.3, -0.25) is 0 Å². The molecule has 1 aromatic rings. The average molecular weight is 223 g/mol. The second-order valence-electron chi connectivity index (χ2n) is 4.03. The summed E-state index contributed by atoms with van der Waals surface area (Å²) >= 11 is 0. The van der Waals surface area contributed by atoms with Crippen LogP contribution in [0.3, 0.4) is 0 Å². The van der Waals surface area contributed by atoms with E-state index < -0.39 is 5.60 Å². The van der Waals surface area contributed by atoms with Crippen LogP contribution < -0.4 is 0 Å². The van der Waals surface area contributed by atoms with E-state index in [4.69, 9.17) is 14.5 Å². The lowest BCUT2D eigenvalue weighted by Gasteiger charge is -2.21. The van der Waals surface area contributed by atoms with Crippen molar-refractivity contribution in [2.24, 2.45) is 5.92 Å². The minimum Gasteiger partial charge on any atom is -0.370 e. The Balaban J connectivity index is 2.83. The number of rotatable bonds is 5.